The number of hydrogen-bond donors (Lipinski definition) is 0. The Morgan fingerprint density at radius 1 is 0.729 bits per heavy atom. The normalized spacial score (nSPS) is 27.8. The van der Waals surface area contributed by atoms with Gasteiger partial charge in [0.2, 0.25) is 0 Å². The topological polar surface area (TPSA) is 40.6 Å². The lowest BCUT2D eigenvalue weighted by atomic mass is 9.54. The quantitative estimate of drug-likeness (QED) is 0.178. The third-order valence-corrected chi connectivity index (χ3v) is 12.8. The highest BCUT2D eigenvalue weighted by molar-refractivity contribution is 7.99. The lowest BCUT2D eigenvalue weighted by Gasteiger charge is -2.52. The van der Waals surface area contributed by atoms with E-state index >= 15 is 9.59 Å². The lowest BCUT2D eigenvalue weighted by molar-refractivity contribution is -0.134. The molecule has 4 nitrogen and oxygen atoms in total. The van der Waals surface area contributed by atoms with Gasteiger partial charge in [0.15, 0.2) is 11.6 Å². The summed E-state index contributed by atoms with van der Waals surface area (Å²) in [6.45, 7) is 1.03. The van der Waals surface area contributed by atoms with Crippen LogP contribution in [-0.4, -0.2) is 59.2 Å². The number of carbonyl (C=O) groups excluding carboxylic acids is 2. The van der Waals surface area contributed by atoms with Crippen LogP contribution < -0.4 is 0 Å². The van der Waals surface area contributed by atoms with Crippen molar-refractivity contribution in [3.63, 3.8) is 0 Å². The molecule has 48 heavy (non-hydrogen) atoms. The van der Waals surface area contributed by atoms with E-state index in [0.29, 0.717) is 19.0 Å². The van der Waals surface area contributed by atoms with Gasteiger partial charge in [-0.25, -0.2) is 0 Å². The number of piperidine rings is 1. The van der Waals surface area contributed by atoms with Gasteiger partial charge < -0.3 is 4.90 Å². The lowest BCUT2D eigenvalue weighted by Crippen LogP contribution is -2.65. The molecule has 3 fully saturated rings. The Kier molecular flexibility index (Phi) is 6.06. The standard InChI is InChI=1S/C43H34N2O2S/c1-44-23-31(22-30-16-6-12-27-10-2-4-17-32(27)30)40(46)42(25-44)39(34-19-7-13-28-11-3-5-18-33(28)34)37-24-48-26-45(37)43(42)36-21-9-15-29-14-8-20-35(38(29)36)41(43)47/h2-22,37,39H,23-26H2,1H3/b31-22+/t37-,39-,42?,43-/m0/s1. The van der Waals surface area contributed by atoms with Gasteiger partial charge >= 0.3 is 0 Å². The van der Waals surface area contributed by atoms with Crippen LogP contribution in [0.2, 0.25) is 0 Å². The van der Waals surface area contributed by atoms with Gasteiger partial charge in [0.1, 0.15) is 5.54 Å². The molecule has 10 rings (SSSR count). The second-order valence-corrected chi connectivity index (χ2v) is 15.0. The van der Waals surface area contributed by atoms with E-state index < -0.39 is 11.0 Å². The molecule has 4 atom stereocenters. The zero-order valence-corrected chi connectivity index (χ0v) is 27.5. The van der Waals surface area contributed by atoms with Crippen molar-refractivity contribution in [1.82, 2.24) is 9.80 Å². The number of Topliss-reactive ketones (excluding diaryl/α,β-unsaturated/α-hetero) is 2. The first-order chi connectivity index (χ1) is 23.5. The van der Waals surface area contributed by atoms with Crippen LogP contribution in [0.4, 0.5) is 0 Å². The van der Waals surface area contributed by atoms with E-state index in [9.17, 15) is 0 Å². The van der Waals surface area contributed by atoms with Crippen LogP contribution in [-0.2, 0) is 10.3 Å². The SMILES string of the molecule is CN1C/C(=C\c2cccc3ccccc23)C(=O)C2(C1)[C@@H](c1cccc3ccccc13)[C@@H]1CSCN1[C@@]21C(=O)c2cccc3cccc1c23. The van der Waals surface area contributed by atoms with E-state index in [-0.39, 0.29) is 23.5 Å². The smallest absolute Gasteiger partial charge is 0.189 e. The molecule has 5 heteroatoms. The minimum absolute atomic E-state index is 0.0172. The predicted molar refractivity (Wildman–Crippen MR) is 196 cm³/mol. The van der Waals surface area contributed by atoms with Crippen LogP contribution in [0, 0.1) is 5.41 Å². The van der Waals surface area contributed by atoms with Gasteiger partial charge in [0.05, 0.1) is 5.41 Å². The molecule has 6 aromatic carbocycles. The molecule has 1 aliphatic carbocycles. The van der Waals surface area contributed by atoms with Gasteiger partial charge in [-0.15, -0.1) is 11.8 Å². The Labute approximate surface area is 284 Å². The zero-order valence-electron chi connectivity index (χ0n) is 26.7. The second kappa shape index (κ2) is 10.2. The Hall–Kier alpha value is -4.55. The highest BCUT2D eigenvalue weighted by Gasteiger charge is 2.78. The van der Waals surface area contributed by atoms with Crippen molar-refractivity contribution in [2.45, 2.75) is 17.5 Å². The van der Waals surface area contributed by atoms with Crippen LogP contribution in [0.15, 0.2) is 127 Å². The van der Waals surface area contributed by atoms with Crippen LogP contribution in [0.25, 0.3) is 38.4 Å². The average molecular weight is 643 g/mol. The molecule has 0 amide bonds. The molecule has 234 valence electrons. The van der Waals surface area contributed by atoms with Crippen LogP contribution in [0.5, 0.6) is 0 Å². The van der Waals surface area contributed by atoms with Crippen molar-refractivity contribution in [3.8, 4) is 0 Å². The van der Waals surface area contributed by atoms with Crippen LogP contribution in [0.1, 0.15) is 33.0 Å². The number of hydrogen-bond acceptors (Lipinski definition) is 5. The summed E-state index contributed by atoms with van der Waals surface area (Å²) in [5.74, 6) is 1.58. The first kappa shape index (κ1) is 28.5. The molecule has 6 aromatic rings. The summed E-state index contributed by atoms with van der Waals surface area (Å²) < 4.78 is 0. The molecular formula is C43H34N2O2S. The summed E-state index contributed by atoms with van der Waals surface area (Å²) in [7, 11) is 2.13. The monoisotopic (exact) mass is 642 g/mol. The van der Waals surface area contributed by atoms with Gasteiger partial charge in [-0.05, 0) is 62.1 Å². The van der Waals surface area contributed by atoms with Crippen molar-refractivity contribution in [2.75, 3.05) is 31.8 Å². The summed E-state index contributed by atoms with van der Waals surface area (Å²) in [6, 6.07) is 42.2. The van der Waals surface area contributed by atoms with Gasteiger partial charge in [0.25, 0.3) is 0 Å². The Morgan fingerprint density at radius 2 is 1.40 bits per heavy atom. The van der Waals surface area contributed by atoms with E-state index in [4.69, 9.17) is 0 Å². The van der Waals surface area contributed by atoms with E-state index in [1.165, 1.54) is 10.9 Å². The first-order valence-corrected chi connectivity index (χ1v) is 18.0. The highest BCUT2D eigenvalue weighted by Crippen LogP contribution is 2.70. The highest BCUT2D eigenvalue weighted by atomic mass is 32.2. The molecule has 0 bridgehead atoms. The third-order valence-electron chi connectivity index (χ3n) is 11.7. The molecular weight excluding hydrogens is 609 g/mol. The Morgan fingerprint density at radius 3 is 2.23 bits per heavy atom. The molecule has 3 saturated heterocycles. The summed E-state index contributed by atoms with van der Waals surface area (Å²) in [4.78, 5) is 36.5. The molecule has 4 aliphatic rings. The second-order valence-electron chi connectivity index (χ2n) is 14.0. The number of thioether (sulfide) groups is 1. The van der Waals surface area contributed by atoms with E-state index in [1.807, 2.05) is 23.9 Å². The van der Waals surface area contributed by atoms with Gasteiger partial charge in [-0.1, -0.05) is 121 Å². The number of likely N-dealkylation sites (tertiary alicyclic amines) is 1. The maximum Gasteiger partial charge on any atom is 0.189 e. The van der Waals surface area contributed by atoms with Crippen molar-refractivity contribution >= 4 is 61.7 Å². The zero-order chi connectivity index (χ0) is 32.2. The molecule has 3 heterocycles. The van der Waals surface area contributed by atoms with Crippen molar-refractivity contribution < 1.29 is 9.59 Å². The van der Waals surface area contributed by atoms with Crippen LogP contribution >= 0.6 is 11.8 Å². The fourth-order valence-electron chi connectivity index (χ4n) is 10.2. The van der Waals surface area contributed by atoms with Crippen molar-refractivity contribution in [3.05, 3.63) is 149 Å². The molecule has 0 aromatic heterocycles. The number of nitrogens with zero attached hydrogens (tertiary/aromatic N) is 2. The van der Waals surface area contributed by atoms with Crippen molar-refractivity contribution in [1.29, 1.82) is 0 Å². The number of benzene rings is 6. The largest absolute Gasteiger partial charge is 0.301 e. The molecule has 1 unspecified atom stereocenters. The van der Waals surface area contributed by atoms with E-state index in [0.717, 1.165) is 54.9 Å². The minimum Gasteiger partial charge on any atom is -0.301 e. The first-order valence-electron chi connectivity index (χ1n) is 16.8. The molecule has 2 spiro atoms. The van der Waals surface area contributed by atoms with Crippen molar-refractivity contribution in [2.24, 2.45) is 5.41 Å². The predicted octanol–water partition coefficient (Wildman–Crippen LogP) is 8.29. The molecule has 0 N–H and O–H groups in total. The van der Waals surface area contributed by atoms with Crippen LogP contribution in [0.3, 0.4) is 0 Å². The fourth-order valence-corrected chi connectivity index (χ4v) is 11.5. The summed E-state index contributed by atoms with van der Waals surface area (Å²) in [5.41, 5.74) is 2.55. The van der Waals surface area contributed by atoms with Gasteiger partial charge in [-0.3, -0.25) is 14.5 Å². The number of likely N-dealkylation sites (N-methyl/N-ethyl adjacent to an activating group) is 1. The average Bonchev–Trinajstić information content (AvgIpc) is 3.75. The summed E-state index contributed by atoms with van der Waals surface area (Å²) in [5, 5.41) is 6.68. The number of fused-ring (bicyclic) bond motifs is 6. The van der Waals surface area contributed by atoms with Gasteiger partial charge in [-0.2, -0.15) is 0 Å². The summed E-state index contributed by atoms with van der Waals surface area (Å²) in [6.07, 6.45) is 2.13. The molecule has 0 radical (unpaired) electrons. The molecule has 3 aliphatic heterocycles. The Balaban J connectivity index is 1.31. The fraction of sp³-hybridized carbons (Fsp3) is 0.209. The van der Waals surface area contributed by atoms with E-state index in [1.54, 1.807) is 0 Å². The summed E-state index contributed by atoms with van der Waals surface area (Å²) >= 11 is 1.89. The third kappa shape index (κ3) is 3.49. The number of ketones is 2. The Bertz CT molecular complexity index is 2380. The molecule has 0 saturated carbocycles. The van der Waals surface area contributed by atoms with E-state index in [2.05, 4.69) is 132 Å². The maximum atomic E-state index is 16.1. The number of rotatable bonds is 2. The van der Waals surface area contributed by atoms with Gasteiger partial charge in [0, 0.05) is 47.8 Å². The minimum atomic E-state index is -1.13. The number of carbonyl (C=O) groups is 2. The maximum absolute atomic E-state index is 16.1.